The van der Waals surface area contributed by atoms with E-state index >= 15 is 0 Å². The quantitative estimate of drug-likeness (QED) is 0.493. The summed E-state index contributed by atoms with van der Waals surface area (Å²) in [6.45, 7) is 6.04. The molecule has 0 bridgehead atoms. The van der Waals surface area contributed by atoms with Gasteiger partial charge in [0.25, 0.3) is 5.69 Å². The summed E-state index contributed by atoms with van der Waals surface area (Å²) in [5.74, 6) is 0. The zero-order valence-electron chi connectivity index (χ0n) is 17.6. The lowest BCUT2D eigenvalue weighted by molar-refractivity contribution is -0.385. The summed E-state index contributed by atoms with van der Waals surface area (Å²) < 4.78 is 54.1. The molecule has 168 valence electrons. The van der Waals surface area contributed by atoms with Crippen LogP contribution in [0, 0.1) is 10.1 Å². The summed E-state index contributed by atoms with van der Waals surface area (Å²) in [5, 5.41) is 10.9. The van der Waals surface area contributed by atoms with Gasteiger partial charge in [0.05, 0.1) is 14.7 Å². The van der Waals surface area contributed by atoms with Gasteiger partial charge in [-0.15, -0.1) is 0 Å². The van der Waals surface area contributed by atoms with Gasteiger partial charge < -0.3 is 0 Å². The Bertz CT molecular complexity index is 1180. The second-order valence-electron chi connectivity index (χ2n) is 8.34. The van der Waals surface area contributed by atoms with Crippen LogP contribution in [-0.4, -0.2) is 56.5 Å². The van der Waals surface area contributed by atoms with Crippen LogP contribution in [0.25, 0.3) is 0 Å². The number of nitro benzene ring substituents is 1. The topological polar surface area (TPSA) is 118 Å². The minimum absolute atomic E-state index is 0.00247. The number of rotatable bonds is 5. The fourth-order valence-electron chi connectivity index (χ4n) is 3.33. The number of nitrogens with zero attached hydrogens (tertiary/aromatic N) is 3. The molecule has 0 atom stereocenters. The SMILES string of the molecule is CC(C)(C)c1ccc(S(=O)(=O)N2CCN(S(=O)(=O)c3cccc([N+](=O)[O-])c3)CC2)cc1. The number of hydrogen-bond acceptors (Lipinski definition) is 6. The van der Waals surface area contributed by atoms with Crippen molar-refractivity contribution in [2.75, 3.05) is 26.2 Å². The smallest absolute Gasteiger partial charge is 0.258 e. The van der Waals surface area contributed by atoms with Gasteiger partial charge in [0, 0.05) is 38.3 Å². The van der Waals surface area contributed by atoms with Gasteiger partial charge in [-0.2, -0.15) is 8.61 Å². The van der Waals surface area contributed by atoms with Crippen molar-refractivity contribution in [3.8, 4) is 0 Å². The minimum atomic E-state index is -3.97. The largest absolute Gasteiger partial charge is 0.270 e. The van der Waals surface area contributed by atoms with Gasteiger partial charge in [0.15, 0.2) is 0 Å². The van der Waals surface area contributed by atoms with Gasteiger partial charge in [-0.3, -0.25) is 10.1 Å². The lowest BCUT2D eigenvalue weighted by Crippen LogP contribution is -2.50. The van der Waals surface area contributed by atoms with Crippen LogP contribution in [0.4, 0.5) is 5.69 Å². The number of benzene rings is 2. The third-order valence-electron chi connectivity index (χ3n) is 5.22. The van der Waals surface area contributed by atoms with Crippen LogP contribution in [0.1, 0.15) is 26.3 Å². The Balaban J connectivity index is 1.75. The fraction of sp³-hybridized carbons (Fsp3) is 0.400. The molecule has 0 saturated carbocycles. The van der Waals surface area contributed by atoms with E-state index in [1.807, 2.05) is 20.8 Å². The van der Waals surface area contributed by atoms with Crippen LogP contribution in [0.15, 0.2) is 58.3 Å². The Morgan fingerprint density at radius 2 is 1.29 bits per heavy atom. The molecule has 11 heteroatoms. The maximum absolute atomic E-state index is 13.0. The lowest BCUT2D eigenvalue weighted by atomic mass is 9.87. The van der Waals surface area contributed by atoms with E-state index in [-0.39, 0.29) is 47.1 Å². The highest BCUT2D eigenvalue weighted by molar-refractivity contribution is 7.89. The van der Waals surface area contributed by atoms with E-state index < -0.39 is 25.0 Å². The highest BCUT2D eigenvalue weighted by Gasteiger charge is 2.34. The van der Waals surface area contributed by atoms with Gasteiger partial charge >= 0.3 is 0 Å². The van der Waals surface area contributed by atoms with E-state index in [2.05, 4.69) is 0 Å². The highest BCUT2D eigenvalue weighted by Crippen LogP contribution is 2.26. The Morgan fingerprint density at radius 1 is 0.806 bits per heavy atom. The highest BCUT2D eigenvalue weighted by atomic mass is 32.2. The molecule has 2 aromatic carbocycles. The number of sulfonamides is 2. The summed E-state index contributed by atoms with van der Waals surface area (Å²) >= 11 is 0. The van der Waals surface area contributed by atoms with Crippen LogP contribution < -0.4 is 0 Å². The third kappa shape index (κ3) is 4.79. The molecular weight excluding hydrogens is 442 g/mol. The van der Waals surface area contributed by atoms with Gasteiger partial charge in [0.2, 0.25) is 20.0 Å². The summed E-state index contributed by atoms with van der Waals surface area (Å²) in [4.78, 5) is 10.3. The average Bonchev–Trinajstić information content (AvgIpc) is 2.73. The normalized spacial score (nSPS) is 16.9. The molecule has 2 aromatic rings. The van der Waals surface area contributed by atoms with Crippen LogP contribution in [0.5, 0.6) is 0 Å². The predicted octanol–water partition coefficient (Wildman–Crippen LogP) is 2.59. The Labute approximate surface area is 182 Å². The van der Waals surface area contributed by atoms with Crippen molar-refractivity contribution in [2.24, 2.45) is 0 Å². The average molecular weight is 468 g/mol. The fourth-order valence-corrected chi connectivity index (χ4v) is 6.22. The summed E-state index contributed by atoms with van der Waals surface area (Å²) in [5.41, 5.74) is 0.592. The number of hydrogen-bond donors (Lipinski definition) is 0. The molecule has 3 rings (SSSR count). The molecule has 0 spiro atoms. The second kappa shape index (κ2) is 8.30. The molecule has 1 fully saturated rings. The van der Waals surface area contributed by atoms with Crippen molar-refractivity contribution in [1.29, 1.82) is 0 Å². The molecule has 1 heterocycles. The van der Waals surface area contributed by atoms with Crippen molar-refractivity contribution in [1.82, 2.24) is 8.61 Å². The predicted molar refractivity (Wildman–Crippen MR) is 116 cm³/mol. The molecule has 1 saturated heterocycles. The molecule has 0 radical (unpaired) electrons. The van der Waals surface area contributed by atoms with Gasteiger partial charge in [0.1, 0.15) is 0 Å². The first-order chi connectivity index (χ1) is 14.3. The van der Waals surface area contributed by atoms with Gasteiger partial charge in [-0.1, -0.05) is 39.0 Å². The Morgan fingerprint density at radius 3 is 1.74 bits per heavy atom. The van der Waals surface area contributed by atoms with E-state index in [0.29, 0.717) is 0 Å². The van der Waals surface area contributed by atoms with Crippen LogP contribution in [0.3, 0.4) is 0 Å². The third-order valence-corrected chi connectivity index (χ3v) is 9.03. The van der Waals surface area contributed by atoms with Crippen molar-refractivity contribution in [3.05, 3.63) is 64.2 Å². The number of piperazine rings is 1. The van der Waals surface area contributed by atoms with E-state index in [4.69, 9.17) is 0 Å². The van der Waals surface area contributed by atoms with Crippen molar-refractivity contribution in [2.45, 2.75) is 36.0 Å². The first kappa shape index (κ1) is 23.3. The monoisotopic (exact) mass is 467 g/mol. The second-order valence-corrected chi connectivity index (χ2v) is 12.2. The minimum Gasteiger partial charge on any atom is -0.258 e. The van der Waals surface area contributed by atoms with Gasteiger partial charge in [-0.25, -0.2) is 16.8 Å². The van der Waals surface area contributed by atoms with E-state index in [1.165, 1.54) is 22.5 Å². The molecule has 9 nitrogen and oxygen atoms in total. The summed E-state index contributed by atoms with van der Waals surface area (Å²) in [6, 6.07) is 11.6. The van der Waals surface area contributed by atoms with E-state index in [1.54, 1.807) is 24.3 Å². The zero-order valence-corrected chi connectivity index (χ0v) is 19.2. The molecular formula is C20H25N3O6S2. The van der Waals surface area contributed by atoms with Crippen molar-refractivity contribution < 1.29 is 21.8 Å². The van der Waals surface area contributed by atoms with Crippen LogP contribution >= 0.6 is 0 Å². The first-order valence-electron chi connectivity index (χ1n) is 9.69. The molecule has 31 heavy (non-hydrogen) atoms. The first-order valence-corrected chi connectivity index (χ1v) is 12.6. The Kier molecular flexibility index (Phi) is 6.25. The molecule has 0 unspecified atom stereocenters. The standard InChI is InChI=1S/C20H25N3O6S2/c1-20(2,3)16-7-9-18(10-8-16)30(26,27)21-11-13-22(14-12-21)31(28,29)19-6-4-5-17(15-19)23(24)25/h4-10,15H,11-14H2,1-3H3. The summed E-state index contributed by atoms with van der Waals surface area (Å²) in [6.07, 6.45) is 0. The van der Waals surface area contributed by atoms with Crippen LogP contribution in [-0.2, 0) is 25.5 Å². The van der Waals surface area contributed by atoms with Crippen molar-refractivity contribution >= 4 is 25.7 Å². The van der Waals surface area contributed by atoms with Crippen LogP contribution in [0.2, 0.25) is 0 Å². The molecule has 1 aliphatic heterocycles. The van der Waals surface area contributed by atoms with Crippen molar-refractivity contribution in [3.63, 3.8) is 0 Å². The molecule has 0 N–H and O–H groups in total. The molecule has 0 aromatic heterocycles. The zero-order chi connectivity index (χ0) is 23.0. The Hall–Kier alpha value is -2.34. The summed E-state index contributed by atoms with van der Waals surface area (Å²) in [7, 11) is -7.72. The number of non-ortho nitro benzene ring substituents is 1. The van der Waals surface area contributed by atoms with E-state index in [0.717, 1.165) is 15.9 Å². The molecule has 0 amide bonds. The maximum Gasteiger partial charge on any atom is 0.270 e. The maximum atomic E-state index is 13.0. The van der Waals surface area contributed by atoms with E-state index in [9.17, 15) is 26.9 Å². The molecule has 0 aliphatic carbocycles. The number of nitro groups is 1. The molecule has 1 aliphatic rings. The lowest BCUT2D eigenvalue weighted by Gasteiger charge is -2.33. The van der Waals surface area contributed by atoms with Gasteiger partial charge in [-0.05, 0) is 29.2 Å².